The second kappa shape index (κ2) is 4.06. The molecule has 0 heterocycles. The zero-order valence-electron chi connectivity index (χ0n) is 7.03. The molecule has 0 saturated heterocycles. The van der Waals surface area contributed by atoms with Crippen molar-refractivity contribution >= 4 is 11.9 Å². The molecule has 0 aliphatic carbocycles. The summed E-state index contributed by atoms with van der Waals surface area (Å²) in [6.07, 6.45) is -0.506. The minimum atomic E-state index is -1.53. The highest BCUT2D eigenvalue weighted by atomic mass is 16.7. The fraction of sp³-hybridized carbons (Fsp3) is 0.714. The Morgan fingerprint density at radius 3 is 2.17 bits per heavy atom. The van der Waals surface area contributed by atoms with Gasteiger partial charge in [0, 0.05) is 13.8 Å². The predicted molar refractivity (Wildman–Crippen MR) is 39.3 cm³/mol. The Morgan fingerprint density at radius 2 is 1.83 bits per heavy atom. The molecule has 0 radical (unpaired) electrons. The number of rotatable bonds is 4. The minimum Gasteiger partial charge on any atom is -0.481 e. The van der Waals surface area contributed by atoms with Gasteiger partial charge in [0.05, 0.1) is 12.8 Å². The molecule has 12 heavy (non-hydrogen) atoms. The Morgan fingerprint density at radius 1 is 1.33 bits per heavy atom. The topological polar surface area (TPSA) is 83.8 Å². The maximum atomic E-state index is 10.7. The summed E-state index contributed by atoms with van der Waals surface area (Å²) < 4.78 is 4.44. The first-order valence-corrected chi connectivity index (χ1v) is 3.47. The molecule has 5 heteroatoms. The van der Waals surface area contributed by atoms with Gasteiger partial charge in [0.25, 0.3) is 0 Å². The number of carboxylic acid groups (broad SMARTS) is 1. The van der Waals surface area contributed by atoms with E-state index in [0.29, 0.717) is 0 Å². The Labute approximate surface area is 70.0 Å². The van der Waals surface area contributed by atoms with Gasteiger partial charge < -0.3 is 14.9 Å². The third kappa shape index (κ3) is 7.01. The average molecular weight is 176 g/mol. The summed E-state index contributed by atoms with van der Waals surface area (Å²) in [5.74, 6) is -3.32. The molecule has 0 fully saturated rings. The van der Waals surface area contributed by atoms with E-state index < -0.39 is 17.7 Å². The Balaban J connectivity index is 3.68. The second-order valence-corrected chi connectivity index (χ2v) is 2.81. The largest absolute Gasteiger partial charge is 0.481 e. The van der Waals surface area contributed by atoms with Gasteiger partial charge in [-0.3, -0.25) is 9.59 Å². The van der Waals surface area contributed by atoms with Crippen molar-refractivity contribution < 1.29 is 24.5 Å². The number of ether oxygens (including phenoxy) is 1. The molecule has 70 valence electrons. The maximum Gasteiger partial charge on any atom is 0.308 e. The lowest BCUT2D eigenvalue weighted by Crippen LogP contribution is -2.27. The van der Waals surface area contributed by atoms with Gasteiger partial charge in [-0.2, -0.15) is 0 Å². The van der Waals surface area contributed by atoms with E-state index in [0.717, 1.165) is 0 Å². The molecule has 0 rings (SSSR count). The monoisotopic (exact) mass is 176 g/mol. The maximum absolute atomic E-state index is 10.7. The molecule has 0 aromatic carbocycles. The molecule has 0 spiro atoms. The third-order valence-electron chi connectivity index (χ3n) is 0.907. The van der Waals surface area contributed by atoms with Gasteiger partial charge in [0.1, 0.15) is 0 Å². The highest BCUT2D eigenvalue weighted by Crippen LogP contribution is 2.05. The van der Waals surface area contributed by atoms with Crippen LogP contribution in [0, 0.1) is 0 Å². The van der Waals surface area contributed by atoms with Gasteiger partial charge in [-0.1, -0.05) is 0 Å². The molecule has 0 atom stereocenters. The summed E-state index contributed by atoms with van der Waals surface area (Å²) >= 11 is 0. The number of carbonyl (C=O) groups is 2. The van der Waals surface area contributed by atoms with Crippen LogP contribution >= 0.6 is 0 Å². The van der Waals surface area contributed by atoms with E-state index in [1.54, 1.807) is 0 Å². The summed E-state index contributed by atoms with van der Waals surface area (Å²) in [6.45, 7) is 2.59. The SMILES string of the molecule is CC(C)(O)OC(=O)CCC(=O)O. The summed E-state index contributed by atoms with van der Waals surface area (Å²) in [7, 11) is 0. The lowest BCUT2D eigenvalue weighted by Gasteiger charge is -2.17. The smallest absolute Gasteiger partial charge is 0.308 e. The minimum absolute atomic E-state index is 0.223. The standard InChI is InChI=1S/C7H12O5/c1-7(2,11)12-6(10)4-3-5(8)9/h11H,3-4H2,1-2H3,(H,8,9). The average Bonchev–Trinajstić information content (AvgIpc) is 1.79. The second-order valence-electron chi connectivity index (χ2n) is 2.81. The van der Waals surface area contributed by atoms with Gasteiger partial charge in [-0.05, 0) is 0 Å². The van der Waals surface area contributed by atoms with Crippen LogP contribution in [0.2, 0.25) is 0 Å². The van der Waals surface area contributed by atoms with E-state index in [2.05, 4.69) is 4.74 Å². The van der Waals surface area contributed by atoms with Crippen LogP contribution in [-0.2, 0) is 14.3 Å². The Bertz CT molecular complexity index is 179. The Hall–Kier alpha value is -1.10. The Kier molecular flexibility index (Phi) is 3.69. The molecular formula is C7H12O5. The van der Waals surface area contributed by atoms with Gasteiger partial charge >= 0.3 is 11.9 Å². The van der Waals surface area contributed by atoms with Crippen LogP contribution in [0.3, 0.4) is 0 Å². The van der Waals surface area contributed by atoms with Crippen molar-refractivity contribution in [3.8, 4) is 0 Å². The highest BCUT2D eigenvalue weighted by molar-refractivity contribution is 5.76. The van der Waals surface area contributed by atoms with E-state index >= 15 is 0 Å². The number of hydrogen-bond acceptors (Lipinski definition) is 4. The van der Waals surface area contributed by atoms with Crippen molar-refractivity contribution in [2.24, 2.45) is 0 Å². The number of aliphatic carboxylic acids is 1. The first-order valence-electron chi connectivity index (χ1n) is 3.47. The summed E-state index contributed by atoms with van der Waals surface area (Å²) in [6, 6.07) is 0. The molecule has 0 aliphatic heterocycles. The van der Waals surface area contributed by atoms with E-state index in [1.807, 2.05) is 0 Å². The van der Waals surface area contributed by atoms with E-state index in [9.17, 15) is 9.59 Å². The van der Waals surface area contributed by atoms with Crippen molar-refractivity contribution in [2.75, 3.05) is 0 Å². The molecule has 0 amide bonds. The molecule has 2 N–H and O–H groups in total. The molecule has 0 unspecified atom stereocenters. The van der Waals surface area contributed by atoms with Crippen LogP contribution in [0.25, 0.3) is 0 Å². The zero-order valence-corrected chi connectivity index (χ0v) is 7.03. The van der Waals surface area contributed by atoms with Gasteiger partial charge in [0.2, 0.25) is 5.79 Å². The lowest BCUT2D eigenvalue weighted by atomic mass is 10.3. The van der Waals surface area contributed by atoms with Crippen molar-refractivity contribution in [2.45, 2.75) is 32.5 Å². The molecular weight excluding hydrogens is 164 g/mol. The number of esters is 1. The van der Waals surface area contributed by atoms with Crippen molar-refractivity contribution in [3.05, 3.63) is 0 Å². The molecule has 0 aliphatic rings. The molecule has 0 saturated carbocycles. The number of carboxylic acids is 1. The van der Waals surface area contributed by atoms with Crippen LogP contribution in [0.4, 0.5) is 0 Å². The lowest BCUT2D eigenvalue weighted by molar-refractivity contribution is -0.195. The summed E-state index contributed by atoms with van der Waals surface area (Å²) in [4.78, 5) is 20.7. The molecule has 0 aromatic heterocycles. The summed E-state index contributed by atoms with van der Waals surface area (Å²) in [5.41, 5.74) is 0. The normalized spacial score (nSPS) is 10.9. The fourth-order valence-corrected chi connectivity index (χ4v) is 0.539. The van der Waals surface area contributed by atoms with Gasteiger partial charge in [-0.15, -0.1) is 0 Å². The van der Waals surface area contributed by atoms with Gasteiger partial charge in [0.15, 0.2) is 0 Å². The highest BCUT2D eigenvalue weighted by Gasteiger charge is 2.18. The molecule has 0 aromatic rings. The van der Waals surface area contributed by atoms with Crippen molar-refractivity contribution in [1.82, 2.24) is 0 Å². The zero-order chi connectivity index (χ0) is 9.78. The quantitative estimate of drug-likeness (QED) is 0.469. The van der Waals surface area contributed by atoms with E-state index in [1.165, 1.54) is 13.8 Å². The van der Waals surface area contributed by atoms with Crippen LogP contribution in [0.15, 0.2) is 0 Å². The number of carbonyl (C=O) groups excluding carboxylic acids is 1. The van der Waals surface area contributed by atoms with Crippen molar-refractivity contribution in [3.63, 3.8) is 0 Å². The van der Waals surface area contributed by atoms with E-state index in [4.69, 9.17) is 10.2 Å². The fourth-order valence-electron chi connectivity index (χ4n) is 0.539. The third-order valence-corrected chi connectivity index (χ3v) is 0.907. The number of hydrogen-bond donors (Lipinski definition) is 2. The van der Waals surface area contributed by atoms with Crippen LogP contribution < -0.4 is 0 Å². The molecule has 5 nitrogen and oxygen atoms in total. The first kappa shape index (κ1) is 10.9. The van der Waals surface area contributed by atoms with Crippen molar-refractivity contribution in [1.29, 1.82) is 0 Å². The van der Waals surface area contributed by atoms with Crippen LogP contribution in [0.1, 0.15) is 26.7 Å². The van der Waals surface area contributed by atoms with Gasteiger partial charge in [-0.25, -0.2) is 0 Å². The van der Waals surface area contributed by atoms with Crippen LogP contribution in [-0.4, -0.2) is 27.9 Å². The number of aliphatic hydroxyl groups is 1. The molecule has 0 bridgehead atoms. The van der Waals surface area contributed by atoms with E-state index in [-0.39, 0.29) is 12.8 Å². The first-order chi connectivity index (χ1) is 5.31. The van der Waals surface area contributed by atoms with Crippen LogP contribution in [0.5, 0.6) is 0 Å². The predicted octanol–water partition coefficient (Wildman–Crippen LogP) is 0.123. The summed E-state index contributed by atoms with van der Waals surface area (Å²) in [5, 5.41) is 17.2.